The average Bonchev–Trinajstić information content (AvgIpc) is 2.83. The van der Waals surface area contributed by atoms with Crippen molar-refractivity contribution in [2.75, 3.05) is 13.2 Å². The van der Waals surface area contributed by atoms with Crippen LogP contribution in [0.2, 0.25) is 0 Å². The molecule has 3 aromatic rings. The molecule has 1 heterocycles. The Hall–Kier alpha value is -1.51. The second-order valence-electron chi connectivity index (χ2n) is 7.92. The van der Waals surface area contributed by atoms with Gasteiger partial charge < -0.3 is 26.5 Å². The number of benzene rings is 3. The molecule has 1 saturated heterocycles. The van der Waals surface area contributed by atoms with Crippen LogP contribution in [0.25, 0.3) is 0 Å². The van der Waals surface area contributed by atoms with Crippen molar-refractivity contribution in [3.05, 3.63) is 91.0 Å². The first-order valence-corrected chi connectivity index (χ1v) is 13.0. The lowest BCUT2D eigenvalue weighted by molar-refractivity contribution is -0.0447. The largest absolute Gasteiger partial charge is 1.00 e. The molecule has 1 fully saturated rings. The van der Waals surface area contributed by atoms with Crippen LogP contribution >= 0.6 is 7.26 Å². The SMILES string of the molecule is CCCC(OC1CCOCC1)[P+](c1ccccc1)(c1ccccc1)c1ccccc1.[Br-]. The van der Waals surface area contributed by atoms with E-state index in [2.05, 4.69) is 97.9 Å². The highest BCUT2D eigenvalue weighted by Gasteiger charge is 2.53. The molecule has 0 bridgehead atoms. The highest BCUT2D eigenvalue weighted by Crippen LogP contribution is 2.61. The average molecular weight is 499 g/mol. The van der Waals surface area contributed by atoms with Crippen molar-refractivity contribution in [1.29, 1.82) is 0 Å². The molecule has 4 heteroatoms. The van der Waals surface area contributed by atoms with Crippen LogP contribution in [0.5, 0.6) is 0 Å². The predicted octanol–water partition coefficient (Wildman–Crippen LogP) is 2.31. The summed E-state index contributed by atoms with van der Waals surface area (Å²) in [6, 6.07) is 33.2. The third-order valence-electron chi connectivity index (χ3n) is 5.98. The van der Waals surface area contributed by atoms with Gasteiger partial charge in [-0.25, -0.2) is 0 Å². The second kappa shape index (κ2) is 11.9. The molecule has 4 rings (SSSR count). The Kier molecular flexibility index (Phi) is 9.29. The van der Waals surface area contributed by atoms with Gasteiger partial charge in [0.2, 0.25) is 0 Å². The Bertz CT molecular complexity index is 786. The molecule has 0 saturated carbocycles. The van der Waals surface area contributed by atoms with Crippen LogP contribution in [0.1, 0.15) is 32.6 Å². The predicted molar refractivity (Wildman–Crippen MR) is 129 cm³/mol. The maximum Gasteiger partial charge on any atom is 0.181 e. The first-order chi connectivity index (χ1) is 14.9. The van der Waals surface area contributed by atoms with Crippen LogP contribution in [0.15, 0.2) is 91.0 Å². The van der Waals surface area contributed by atoms with Gasteiger partial charge in [-0.1, -0.05) is 61.5 Å². The smallest absolute Gasteiger partial charge is 0.181 e. The fourth-order valence-electron chi connectivity index (χ4n) is 4.57. The Morgan fingerprint density at radius 1 is 0.774 bits per heavy atom. The normalized spacial score (nSPS) is 15.8. The molecular weight excluding hydrogens is 467 g/mol. The van der Waals surface area contributed by atoms with E-state index in [1.165, 1.54) is 15.9 Å². The molecule has 0 radical (unpaired) electrons. The lowest BCUT2D eigenvalue weighted by atomic mass is 10.1. The van der Waals surface area contributed by atoms with Crippen molar-refractivity contribution in [2.45, 2.75) is 44.6 Å². The van der Waals surface area contributed by atoms with Crippen molar-refractivity contribution in [1.82, 2.24) is 0 Å². The number of halogens is 1. The van der Waals surface area contributed by atoms with Gasteiger partial charge >= 0.3 is 0 Å². The third kappa shape index (κ3) is 5.29. The molecule has 0 N–H and O–H groups in total. The number of hydrogen-bond acceptors (Lipinski definition) is 2. The molecule has 2 nitrogen and oxygen atoms in total. The molecule has 0 amide bonds. The van der Waals surface area contributed by atoms with Crippen LogP contribution < -0.4 is 32.9 Å². The van der Waals surface area contributed by atoms with Gasteiger partial charge in [-0.3, -0.25) is 0 Å². The minimum Gasteiger partial charge on any atom is -1.00 e. The first-order valence-electron chi connectivity index (χ1n) is 11.1. The van der Waals surface area contributed by atoms with Gasteiger partial charge in [0.1, 0.15) is 23.2 Å². The highest BCUT2D eigenvalue weighted by molar-refractivity contribution is 7.96. The summed E-state index contributed by atoms with van der Waals surface area (Å²) in [5.41, 5.74) is 0. The van der Waals surface area contributed by atoms with E-state index in [-0.39, 0.29) is 28.9 Å². The monoisotopic (exact) mass is 498 g/mol. The van der Waals surface area contributed by atoms with Gasteiger partial charge in [0.15, 0.2) is 5.85 Å². The number of rotatable bonds is 8. The molecule has 1 atom stereocenters. The summed E-state index contributed by atoms with van der Waals surface area (Å²) in [5.74, 6) is 0.151. The number of ether oxygens (including phenoxy) is 2. The standard InChI is InChI=1S/C27H32O2P.BrH/c1-2-12-27(29-23-19-21-28-22-20-23)30(24-13-6-3-7-14-24,25-15-8-4-9-16-25)26-17-10-5-11-18-26;/h3-11,13-18,23,27H,2,12,19-22H2,1H3;1H/q+1;/p-1. The Labute approximate surface area is 198 Å². The summed E-state index contributed by atoms with van der Waals surface area (Å²) < 4.78 is 12.6. The van der Waals surface area contributed by atoms with E-state index < -0.39 is 7.26 Å². The van der Waals surface area contributed by atoms with E-state index in [0.29, 0.717) is 0 Å². The summed E-state index contributed by atoms with van der Waals surface area (Å²) in [4.78, 5) is 0. The molecular formula is C27H32BrO2P. The minimum atomic E-state index is -2.01. The van der Waals surface area contributed by atoms with Crippen LogP contribution in [0.4, 0.5) is 0 Å². The van der Waals surface area contributed by atoms with E-state index in [1.54, 1.807) is 0 Å². The summed E-state index contributed by atoms with van der Waals surface area (Å²) in [6.07, 6.45) is 4.38. The van der Waals surface area contributed by atoms with Gasteiger partial charge in [0, 0.05) is 19.6 Å². The van der Waals surface area contributed by atoms with Gasteiger partial charge in [0.05, 0.1) is 6.10 Å². The molecule has 1 aliphatic heterocycles. The van der Waals surface area contributed by atoms with Gasteiger partial charge in [-0.2, -0.15) is 0 Å². The highest BCUT2D eigenvalue weighted by atomic mass is 79.9. The van der Waals surface area contributed by atoms with Gasteiger partial charge in [-0.15, -0.1) is 0 Å². The summed E-state index contributed by atoms with van der Waals surface area (Å²) in [6.45, 7) is 3.88. The zero-order valence-electron chi connectivity index (χ0n) is 18.2. The lowest BCUT2D eigenvalue weighted by Crippen LogP contribution is -3.00. The van der Waals surface area contributed by atoms with Crippen LogP contribution in [-0.4, -0.2) is 25.2 Å². The van der Waals surface area contributed by atoms with E-state index in [4.69, 9.17) is 9.47 Å². The maximum atomic E-state index is 7.03. The van der Waals surface area contributed by atoms with Crippen LogP contribution in [0.3, 0.4) is 0 Å². The maximum absolute atomic E-state index is 7.03. The molecule has 3 aromatic carbocycles. The quantitative estimate of drug-likeness (QED) is 0.443. The molecule has 1 unspecified atom stereocenters. The fraction of sp³-hybridized carbons (Fsp3) is 0.333. The van der Waals surface area contributed by atoms with Crippen LogP contribution in [-0.2, 0) is 9.47 Å². The summed E-state index contributed by atoms with van der Waals surface area (Å²) in [5, 5.41) is 4.19. The molecule has 31 heavy (non-hydrogen) atoms. The zero-order chi connectivity index (χ0) is 20.7. The Morgan fingerprint density at radius 2 is 1.19 bits per heavy atom. The zero-order valence-corrected chi connectivity index (χ0v) is 20.7. The topological polar surface area (TPSA) is 18.5 Å². The first kappa shape index (κ1) is 24.1. The Balaban J connectivity index is 0.00000272. The van der Waals surface area contributed by atoms with E-state index >= 15 is 0 Å². The van der Waals surface area contributed by atoms with Crippen molar-refractivity contribution < 1.29 is 26.5 Å². The van der Waals surface area contributed by atoms with Gasteiger partial charge in [-0.05, 0) is 55.7 Å². The second-order valence-corrected chi connectivity index (χ2v) is 11.5. The van der Waals surface area contributed by atoms with Gasteiger partial charge in [0.25, 0.3) is 0 Å². The fourth-order valence-corrected chi connectivity index (χ4v) is 9.39. The van der Waals surface area contributed by atoms with Crippen molar-refractivity contribution in [2.24, 2.45) is 0 Å². The number of hydrogen-bond donors (Lipinski definition) is 0. The molecule has 0 spiro atoms. The molecule has 0 aromatic heterocycles. The molecule has 0 aliphatic carbocycles. The molecule has 164 valence electrons. The Morgan fingerprint density at radius 3 is 1.58 bits per heavy atom. The lowest BCUT2D eigenvalue weighted by Gasteiger charge is -2.37. The van der Waals surface area contributed by atoms with Crippen LogP contribution in [0, 0.1) is 0 Å². The third-order valence-corrected chi connectivity index (χ3v) is 10.6. The van der Waals surface area contributed by atoms with E-state index in [1.807, 2.05) is 0 Å². The van der Waals surface area contributed by atoms with Crippen molar-refractivity contribution >= 4 is 23.2 Å². The van der Waals surface area contributed by atoms with Crippen molar-refractivity contribution in [3.63, 3.8) is 0 Å². The summed E-state index contributed by atoms with van der Waals surface area (Å²) in [7, 11) is -2.01. The van der Waals surface area contributed by atoms with Crippen molar-refractivity contribution in [3.8, 4) is 0 Å². The van der Waals surface area contributed by atoms with E-state index in [0.717, 1.165) is 38.9 Å². The van der Waals surface area contributed by atoms with E-state index in [9.17, 15) is 0 Å². The minimum absolute atomic E-state index is 0. The molecule has 1 aliphatic rings. The summed E-state index contributed by atoms with van der Waals surface area (Å²) >= 11 is 0.